The van der Waals surface area contributed by atoms with Gasteiger partial charge in [0.1, 0.15) is 0 Å². The van der Waals surface area contributed by atoms with Crippen molar-refractivity contribution in [1.82, 2.24) is 25.0 Å². The molecule has 5 rings (SSSR count). The maximum Gasteiger partial charge on any atom is 0.258 e. The summed E-state index contributed by atoms with van der Waals surface area (Å²) < 4.78 is 5.32. The molecule has 30 heavy (non-hydrogen) atoms. The Morgan fingerprint density at radius 2 is 1.83 bits per heavy atom. The number of carbonyl (C=O) groups is 1. The Morgan fingerprint density at radius 3 is 2.57 bits per heavy atom. The van der Waals surface area contributed by atoms with Crippen molar-refractivity contribution in [2.75, 3.05) is 24.5 Å². The van der Waals surface area contributed by atoms with Gasteiger partial charge in [-0.3, -0.25) is 4.79 Å². The summed E-state index contributed by atoms with van der Waals surface area (Å²) in [5.74, 6) is 2.21. The van der Waals surface area contributed by atoms with Crippen molar-refractivity contribution in [3.05, 3.63) is 53.1 Å². The fourth-order valence-electron chi connectivity index (χ4n) is 4.48. The highest BCUT2D eigenvalue weighted by atomic mass is 16.5. The molecule has 2 aliphatic heterocycles. The van der Waals surface area contributed by atoms with Crippen molar-refractivity contribution < 1.29 is 9.32 Å². The molecule has 2 aromatic heterocycles. The molecule has 2 fully saturated rings. The summed E-state index contributed by atoms with van der Waals surface area (Å²) in [6.45, 7) is 8.19. The maximum atomic E-state index is 13.4. The molecule has 2 saturated heterocycles. The van der Waals surface area contributed by atoms with Crippen LogP contribution in [0.2, 0.25) is 0 Å². The Hall–Kier alpha value is -3.29. The van der Waals surface area contributed by atoms with Gasteiger partial charge < -0.3 is 14.3 Å². The number of carbonyl (C=O) groups excluding carboxylic acids is 1. The first-order valence-electron chi connectivity index (χ1n) is 10.3. The Kier molecular flexibility index (Phi) is 4.49. The SMILES string of the molecule is Cc1cc(C)nc(N2CCC3CN(C(=O)c4ccccc4-c4nc(C)no4)C3C2)n1. The summed E-state index contributed by atoms with van der Waals surface area (Å²) in [6, 6.07) is 9.57. The Balaban J connectivity index is 1.38. The molecule has 0 bridgehead atoms. The molecule has 8 nitrogen and oxygen atoms in total. The lowest BCUT2D eigenvalue weighted by Gasteiger charge is -2.53. The van der Waals surface area contributed by atoms with Gasteiger partial charge in [0, 0.05) is 36.9 Å². The van der Waals surface area contributed by atoms with E-state index in [2.05, 4.69) is 25.0 Å². The van der Waals surface area contributed by atoms with Gasteiger partial charge in [0.2, 0.25) is 5.95 Å². The molecular formula is C22H24N6O2. The molecule has 154 valence electrons. The van der Waals surface area contributed by atoms with E-state index in [1.165, 1.54) is 0 Å². The van der Waals surface area contributed by atoms with E-state index in [4.69, 9.17) is 4.52 Å². The largest absolute Gasteiger partial charge is 0.339 e. The van der Waals surface area contributed by atoms with Gasteiger partial charge in [-0.25, -0.2) is 9.97 Å². The molecule has 2 aliphatic rings. The van der Waals surface area contributed by atoms with Crippen molar-refractivity contribution in [2.45, 2.75) is 33.2 Å². The standard InChI is InChI=1S/C22H24N6O2/c1-13-10-14(2)24-22(23-13)27-9-8-16-11-28(19(16)12-27)21(29)18-7-5-4-6-17(18)20-25-15(3)26-30-20/h4-7,10,16,19H,8-9,11-12H2,1-3H3. The molecule has 0 N–H and O–H groups in total. The van der Waals surface area contributed by atoms with Crippen molar-refractivity contribution in [2.24, 2.45) is 5.92 Å². The zero-order valence-electron chi connectivity index (χ0n) is 17.4. The highest BCUT2D eigenvalue weighted by Gasteiger charge is 2.46. The molecule has 0 aliphatic carbocycles. The number of aromatic nitrogens is 4. The monoisotopic (exact) mass is 404 g/mol. The van der Waals surface area contributed by atoms with E-state index in [1.807, 2.05) is 49.1 Å². The number of piperidine rings is 1. The average molecular weight is 404 g/mol. The quantitative estimate of drug-likeness (QED) is 0.663. The molecule has 4 heterocycles. The summed E-state index contributed by atoms with van der Waals surface area (Å²) in [5, 5.41) is 3.86. The predicted molar refractivity (Wildman–Crippen MR) is 111 cm³/mol. The Labute approximate surface area is 174 Å². The number of anilines is 1. The third-order valence-corrected chi connectivity index (χ3v) is 5.98. The molecule has 1 amide bonds. The van der Waals surface area contributed by atoms with Crippen LogP contribution < -0.4 is 4.90 Å². The lowest BCUT2D eigenvalue weighted by Crippen LogP contribution is -2.66. The fourth-order valence-corrected chi connectivity index (χ4v) is 4.48. The minimum absolute atomic E-state index is 0.00546. The van der Waals surface area contributed by atoms with Crippen LogP contribution in [0.25, 0.3) is 11.5 Å². The van der Waals surface area contributed by atoms with E-state index < -0.39 is 0 Å². The van der Waals surface area contributed by atoms with Gasteiger partial charge in [-0.2, -0.15) is 4.98 Å². The number of hydrogen-bond donors (Lipinski definition) is 0. The third-order valence-electron chi connectivity index (χ3n) is 5.98. The molecule has 1 aromatic carbocycles. The number of nitrogens with zero attached hydrogens (tertiary/aromatic N) is 6. The zero-order valence-corrected chi connectivity index (χ0v) is 17.4. The van der Waals surface area contributed by atoms with E-state index in [0.29, 0.717) is 28.8 Å². The van der Waals surface area contributed by atoms with Crippen molar-refractivity contribution in [3.63, 3.8) is 0 Å². The first-order valence-corrected chi connectivity index (χ1v) is 10.3. The fraction of sp³-hybridized carbons (Fsp3) is 0.409. The molecule has 0 radical (unpaired) electrons. The van der Waals surface area contributed by atoms with E-state index in [-0.39, 0.29) is 11.9 Å². The number of hydrogen-bond acceptors (Lipinski definition) is 7. The molecule has 3 aromatic rings. The van der Waals surface area contributed by atoms with Crippen LogP contribution in [-0.2, 0) is 0 Å². The van der Waals surface area contributed by atoms with Gasteiger partial charge in [-0.1, -0.05) is 17.3 Å². The zero-order chi connectivity index (χ0) is 20.8. The summed E-state index contributed by atoms with van der Waals surface area (Å²) in [6.07, 6.45) is 1.04. The van der Waals surface area contributed by atoms with Crippen LogP contribution in [0.4, 0.5) is 5.95 Å². The predicted octanol–water partition coefficient (Wildman–Crippen LogP) is 2.80. The second-order valence-corrected chi connectivity index (χ2v) is 8.16. The smallest absolute Gasteiger partial charge is 0.258 e. The van der Waals surface area contributed by atoms with Crippen LogP contribution >= 0.6 is 0 Å². The summed E-state index contributed by atoms with van der Waals surface area (Å²) in [7, 11) is 0. The van der Waals surface area contributed by atoms with Crippen LogP contribution in [0, 0.1) is 26.7 Å². The summed E-state index contributed by atoms with van der Waals surface area (Å²) >= 11 is 0. The second kappa shape index (κ2) is 7.19. The molecule has 0 spiro atoms. The molecule has 0 saturated carbocycles. The van der Waals surface area contributed by atoms with Crippen molar-refractivity contribution in [1.29, 1.82) is 0 Å². The number of likely N-dealkylation sites (tertiary alicyclic amines) is 1. The van der Waals surface area contributed by atoms with Crippen LogP contribution in [0.1, 0.15) is 34.0 Å². The minimum Gasteiger partial charge on any atom is -0.339 e. The first kappa shape index (κ1) is 18.7. The topological polar surface area (TPSA) is 88.3 Å². The minimum atomic E-state index is 0.00546. The van der Waals surface area contributed by atoms with Crippen molar-refractivity contribution in [3.8, 4) is 11.5 Å². The van der Waals surface area contributed by atoms with Gasteiger partial charge >= 0.3 is 0 Å². The third kappa shape index (κ3) is 3.22. The van der Waals surface area contributed by atoms with Crippen LogP contribution in [0.15, 0.2) is 34.9 Å². The lowest BCUT2D eigenvalue weighted by molar-refractivity contribution is 0.00772. The van der Waals surface area contributed by atoms with E-state index in [9.17, 15) is 4.79 Å². The lowest BCUT2D eigenvalue weighted by atomic mass is 9.81. The second-order valence-electron chi connectivity index (χ2n) is 8.16. The van der Waals surface area contributed by atoms with Gasteiger partial charge in [0.05, 0.1) is 17.2 Å². The normalized spacial score (nSPS) is 20.6. The van der Waals surface area contributed by atoms with Crippen LogP contribution in [-0.4, -0.2) is 56.6 Å². The number of amides is 1. The number of benzene rings is 1. The van der Waals surface area contributed by atoms with Crippen molar-refractivity contribution >= 4 is 11.9 Å². The van der Waals surface area contributed by atoms with Crippen LogP contribution in [0.3, 0.4) is 0 Å². The first-order chi connectivity index (χ1) is 14.5. The highest BCUT2D eigenvalue weighted by Crippen LogP contribution is 2.36. The van der Waals surface area contributed by atoms with Gasteiger partial charge in [0.15, 0.2) is 5.82 Å². The molecule has 8 heteroatoms. The summed E-state index contributed by atoms with van der Waals surface area (Å²) in [5.41, 5.74) is 3.20. The van der Waals surface area contributed by atoms with E-state index >= 15 is 0 Å². The molecule has 2 unspecified atom stereocenters. The highest BCUT2D eigenvalue weighted by molar-refractivity contribution is 6.00. The van der Waals surface area contributed by atoms with Crippen LogP contribution in [0.5, 0.6) is 0 Å². The van der Waals surface area contributed by atoms with E-state index in [1.54, 1.807) is 6.92 Å². The number of aryl methyl sites for hydroxylation is 3. The average Bonchev–Trinajstić information content (AvgIpc) is 3.14. The number of fused-ring (bicyclic) bond motifs is 1. The van der Waals surface area contributed by atoms with Gasteiger partial charge in [-0.05, 0) is 45.4 Å². The number of rotatable bonds is 3. The van der Waals surface area contributed by atoms with Gasteiger partial charge in [0.25, 0.3) is 11.8 Å². The summed E-state index contributed by atoms with van der Waals surface area (Å²) in [4.78, 5) is 31.1. The Bertz CT molecular complexity index is 1090. The molecular weight excluding hydrogens is 380 g/mol. The van der Waals surface area contributed by atoms with E-state index in [0.717, 1.165) is 43.4 Å². The maximum absolute atomic E-state index is 13.4. The van der Waals surface area contributed by atoms with Gasteiger partial charge in [-0.15, -0.1) is 0 Å². The Morgan fingerprint density at radius 1 is 1.07 bits per heavy atom. The molecule has 2 atom stereocenters.